The Labute approximate surface area is 139 Å². The summed E-state index contributed by atoms with van der Waals surface area (Å²) in [5, 5.41) is 1.12. The molecule has 3 N–H and O–H groups in total. The number of nitrogens with two attached hydrogens (primary N) is 1. The molecule has 0 aliphatic heterocycles. The molecule has 1 atom stereocenters. The molecule has 22 heavy (non-hydrogen) atoms. The number of carbonyl (C=O) groups excluding carboxylic acids is 1. The van der Waals surface area contributed by atoms with Gasteiger partial charge in [-0.2, -0.15) is 0 Å². The van der Waals surface area contributed by atoms with Crippen LogP contribution in [0.2, 0.25) is 10.0 Å². The van der Waals surface area contributed by atoms with Crippen molar-refractivity contribution in [2.45, 2.75) is 19.1 Å². The fourth-order valence-electron chi connectivity index (χ4n) is 1.89. The third-order valence-electron chi connectivity index (χ3n) is 3.16. The molecular formula is C16H15Cl2N2O2. The molecule has 0 spiro atoms. The zero-order valence-electron chi connectivity index (χ0n) is 11.7. The standard InChI is InChI=1S/C16H15Cl2N2O2/c17-13-2-1-3-14(18)12(13)9-22-11-6-4-10(5-7-11)8-15(19)16(20)21/h1-7,15,20H,8-9,19H2/t15-/m0/s1. The first-order valence-electron chi connectivity index (χ1n) is 6.63. The van der Waals surface area contributed by atoms with E-state index >= 15 is 0 Å². The second-order valence-corrected chi connectivity index (χ2v) is 5.62. The minimum absolute atomic E-state index is 0.266. The van der Waals surface area contributed by atoms with Gasteiger partial charge in [0.05, 0.1) is 6.04 Å². The molecule has 2 rings (SSSR count). The summed E-state index contributed by atoms with van der Waals surface area (Å²) in [6.45, 7) is 0.266. The summed E-state index contributed by atoms with van der Waals surface area (Å²) < 4.78 is 5.66. The number of hydrogen-bond donors (Lipinski definition) is 1. The topological polar surface area (TPSA) is 76.1 Å². The summed E-state index contributed by atoms with van der Waals surface area (Å²) in [6, 6.07) is 11.7. The second-order valence-electron chi connectivity index (χ2n) is 4.81. The molecule has 0 heterocycles. The van der Waals surface area contributed by atoms with Crippen molar-refractivity contribution >= 4 is 29.1 Å². The van der Waals surface area contributed by atoms with Gasteiger partial charge in [0.1, 0.15) is 12.4 Å². The lowest BCUT2D eigenvalue weighted by Gasteiger charge is -2.11. The number of nitrogens with one attached hydrogen (secondary N) is 1. The quantitative estimate of drug-likeness (QED) is 0.878. The highest BCUT2D eigenvalue weighted by atomic mass is 35.5. The van der Waals surface area contributed by atoms with E-state index in [-0.39, 0.29) is 6.61 Å². The van der Waals surface area contributed by atoms with Gasteiger partial charge in [-0.05, 0) is 36.2 Å². The van der Waals surface area contributed by atoms with Crippen molar-refractivity contribution in [1.82, 2.24) is 5.73 Å². The molecular weight excluding hydrogens is 323 g/mol. The van der Waals surface area contributed by atoms with E-state index in [1.165, 1.54) is 0 Å². The fourth-order valence-corrected chi connectivity index (χ4v) is 2.40. The highest BCUT2D eigenvalue weighted by Crippen LogP contribution is 2.26. The number of halogens is 2. The molecule has 0 fully saturated rings. The van der Waals surface area contributed by atoms with Gasteiger partial charge < -0.3 is 10.5 Å². The summed E-state index contributed by atoms with van der Waals surface area (Å²) in [5.74, 6) is -0.112. The first kappa shape index (κ1) is 16.6. The monoisotopic (exact) mass is 337 g/mol. The van der Waals surface area contributed by atoms with Crippen LogP contribution in [-0.4, -0.2) is 11.9 Å². The van der Waals surface area contributed by atoms with Gasteiger partial charge in [0.25, 0.3) is 5.91 Å². The summed E-state index contributed by atoms with van der Waals surface area (Å²) in [6.07, 6.45) is 0.332. The van der Waals surface area contributed by atoms with Gasteiger partial charge in [0, 0.05) is 15.6 Å². The lowest BCUT2D eigenvalue weighted by atomic mass is 10.1. The van der Waals surface area contributed by atoms with Gasteiger partial charge in [-0.3, -0.25) is 10.5 Å². The fraction of sp³-hybridized carbons (Fsp3) is 0.188. The molecule has 1 amide bonds. The van der Waals surface area contributed by atoms with Crippen molar-refractivity contribution in [3.8, 4) is 5.75 Å². The molecule has 0 aliphatic rings. The molecule has 0 saturated heterocycles. The van der Waals surface area contributed by atoms with Gasteiger partial charge in [-0.15, -0.1) is 0 Å². The van der Waals surface area contributed by atoms with Crippen LogP contribution in [0.5, 0.6) is 5.75 Å². The van der Waals surface area contributed by atoms with E-state index < -0.39 is 11.9 Å². The minimum atomic E-state index is -0.797. The van der Waals surface area contributed by atoms with E-state index in [4.69, 9.17) is 39.4 Å². The third-order valence-corrected chi connectivity index (χ3v) is 3.87. The van der Waals surface area contributed by atoms with Crippen molar-refractivity contribution in [2.75, 3.05) is 0 Å². The molecule has 0 unspecified atom stereocenters. The number of amides is 1. The van der Waals surface area contributed by atoms with Gasteiger partial charge in [-0.1, -0.05) is 41.4 Å². The Balaban J connectivity index is 1.98. The molecule has 2 aromatic rings. The van der Waals surface area contributed by atoms with Crippen molar-refractivity contribution < 1.29 is 9.53 Å². The van der Waals surface area contributed by atoms with Gasteiger partial charge in [-0.25, -0.2) is 0 Å². The third kappa shape index (κ3) is 4.37. The van der Waals surface area contributed by atoms with Gasteiger partial charge >= 0.3 is 0 Å². The Kier molecular flexibility index (Phi) is 5.66. The maximum atomic E-state index is 10.8. The van der Waals surface area contributed by atoms with Crippen LogP contribution >= 0.6 is 23.2 Å². The first-order valence-corrected chi connectivity index (χ1v) is 7.38. The van der Waals surface area contributed by atoms with E-state index in [2.05, 4.69) is 0 Å². The summed E-state index contributed by atoms with van der Waals surface area (Å²) >= 11 is 12.2. The molecule has 0 aromatic heterocycles. The van der Waals surface area contributed by atoms with E-state index in [9.17, 15) is 4.79 Å². The van der Waals surface area contributed by atoms with Crippen LogP contribution < -0.4 is 16.2 Å². The normalized spacial score (nSPS) is 12.0. The van der Waals surface area contributed by atoms with Crippen molar-refractivity contribution in [3.63, 3.8) is 0 Å². The SMILES string of the molecule is [NH]C(=O)[C@@H](N)Cc1ccc(OCc2c(Cl)cccc2Cl)cc1. The molecule has 0 aliphatic carbocycles. The highest BCUT2D eigenvalue weighted by Gasteiger charge is 2.11. The molecule has 2 aromatic carbocycles. The average Bonchev–Trinajstić information content (AvgIpc) is 2.48. The van der Waals surface area contributed by atoms with Crippen LogP contribution in [0, 0.1) is 0 Å². The molecule has 6 heteroatoms. The zero-order chi connectivity index (χ0) is 16.1. The van der Waals surface area contributed by atoms with Crippen molar-refractivity contribution in [1.29, 1.82) is 0 Å². The minimum Gasteiger partial charge on any atom is -0.489 e. The predicted octanol–water partition coefficient (Wildman–Crippen LogP) is 3.25. The lowest BCUT2D eigenvalue weighted by molar-refractivity contribution is -0.119. The highest BCUT2D eigenvalue weighted by molar-refractivity contribution is 6.35. The number of carbonyl (C=O) groups is 1. The van der Waals surface area contributed by atoms with Crippen LogP contribution in [0.25, 0.3) is 0 Å². The maximum absolute atomic E-state index is 10.8. The smallest absolute Gasteiger partial charge is 0.255 e. The predicted molar refractivity (Wildman–Crippen MR) is 87.0 cm³/mol. The second kappa shape index (κ2) is 7.49. The summed E-state index contributed by atoms with van der Waals surface area (Å²) in [5.41, 5.74) is 14.1. The van der Waals surface area contributed by atoms with Crippen LogP contribution in [-0.2, 0) is 17.8 Å². The van der Waals surface area contributed by atoms with E-state index in [1.807, 2.05) is 12.1 Å². The van der Waals surface area contributed by atoms with Crippen molar-refractivity contribution in [3.05, 3.63) is 63.6 Å². The first-order chi connectivity index (χ1) is 10.5. The maximum Gasteiger partial charge on any atom is 0.255 e. The lowest BCUT2D eigenvalue weighted by Crippen LogP contribution is -2.33. The molecule has 115 valence electrons. The molecule has 4 nitrogen and oxygen atoms in total. The Hall–Kier alpha value is -1.75. The van der Waals surface area contributed by atoms with Crippen LogP contribution in [0.1, 0.15) is 11.1 Å². The zero-order valence-corrected chi connectivity index (χ0v) is 13.2. The average molecular weight is 338 g/mol. The Morgan fingerprint density at radius 1 is 1.14 bits per heavy atom. The number of ether oxygens (including phenoxy) is 1. The van der Waals surface area contributed by atoms with Crippen LogP contribution in [0.15, 0.2) is 42.5 Å². The number of rotatable bonds is 6. The van der Waals surface area contributed by atoms with Gasteiger partial charge in [0.2, 0.25) is 0 Å². The molecule has 0 saturated carbocycles. The Bertz CT molecular complexity index is 639. The van der Waals surface area contributed by atoms with Crippen LogP contribution in [0.3, 0.4) is 0 Å². The number of benzene rings is 2. The number of hydrogen-bond acceptors (Lipinski definition) is 3. The van der Waals surface area contributed by atoms with Crippen molar-refractivity contribution in [2.24, 2.45) is 5.73 Å². The van der Waals surface area contributed by atoms with E-state index in [1.54, 1.807) is 30.3 Å². The van der Waals surface area contributed by atoms with Crippen LogP contribution in [0.4, 0.5) is 0 Å². The molecule has 1 radical (unpaired) electrons. The summed E-state index contributed by atoms with van der Waals surface area (Å²) in [7, 11) is 0. The summed E-state index contributed by atoms with van der Waals surface area (Å²) in [4.78, 5) is 10.8. The largest absolute Gasteiger partial charge is 0.489 e. The van der Waals surface area contributed by atoms with E-state index in [0.717, 1.165) is 11.1 Å². The van der Waals surface area contributed by atoms with E-state index in [0.29, 0.717) is 22.2 Å². The molecule has 0 bridgehead atoms. The Morgan fingerprint density at radius 3 is 2.27 bits per heavy atom. The van der Waals surface area contributed by atoms with Gasteiger partial charge in [0.15, 0.2) is 0 Å². The Morgan fingerprint density at radius 2 is 1.73 bits per heavy atom.